The molecular formula is C17H21NO. The second-order valence-corrected chi connectivity index (χ2v) is 4.84. The van der Waals surface area contributed by atoms with Crippen LogP contribution in [-0.4, -0.2) is 7.05 Å². The van der Waals surface area contributed by atoms with E-state index in [0.717, 1.165) is 12.3 Å². The number of hydrogen-bond acceptors (Lipinski definition) is 2. The first-order valence-corrected chi connectivity index (χ1v) is 6.62. The molecule has 0 spiro atoms. The quantitative estimate of drug-likeness (QED) is 0.881. The SMILES string of the molecule is CNCc1cccc(COc2cccc(C)c2C)c1. The topological polar surface area (TPSA) is 21.3 Å². The Hall–Kier alpha value is -1.80. The van der Waals surface area contributed by atoms with Gasteiger partial charge in [-0.15, -0.1) is 0 Å². The molecule has 0 aromatic heterocycles. The van der Waals surface area contributed by atoms with Crippen LogP contribution in [0.25, 0.3) is 0 Å². The molecule has 2 heteroatoms. The van der Waals surface area contributed by atoms with Crippen LogP contribution in [-0.2, 0) is 13.2 Å². The van der Waals surface area contributed by atoms with E-state index < -0.39 is 0 Å². The molecule has 0 radical (unpaired) electrons. The number of rotatable bonds is 5. The normalized spacial score (nSPS) is 10.5. The van der Waals surface area contributed by atoms with Gasteiger partial charge in [0, 0.05) is 6.54 Å². The summed E-state index contributed by atoms with van der Waals surface area (Å²) in [6.45, 7) is 5.71. The van der Waals surface area contributed by atoms with Crippen LogP contribution in [0, 0.1) is 13.8 Å². The molecule has 0 aliphatic carbocycles. The highest BCUT2D eigenvalue weighted by Crippen LogP contribution is 2.21. The van der Waals surface area contributed by atoms with Crippen molar-refractivity contribution in [1.82, 2.24) is 5.32 Å². The van der Waals surface area contributed by atoms with E-state index in [1.807, 2.05) is 19.2 Å². The maximum atomic E-state index is 5.92. The van der Waals surface area contributed by atoms with Crippen LogP contribution in [0.15, 0.2) is 42.5 Å². The second-order valence-electron chi connectivity index (χ2n) is 4.84. The summed E-state index contributed by atoms with van der Waals surface area (Å²) >= 11 is 0. The first-order chi connectivity index (χ1) is 9.20. The van der Waals surface area contributed by atoms with E-state index in [9.17, 15) is 0 Å². The average molecular weight is 255 g/mol. The van der Waals surface area contributed by atoms with Crippen molar-refractivity contribution < 1.29 is 4.74 Å². The molecule has 2 aromatic carbocycles. The Morgan fingerprint density at radius 3 is 2.53 bits per heavy atom. The van der Waals surface area contributed by atoms with Crippen molar-refractivity contribution >= 4 is 0 Å². The molecule has 0 unspecified atom stereocenters. The fourth-order valence-electron chi connectivity index (χ4n) is 2.08. The van der Waals surface area contributed by atoms with Gasteiger partial charge >= 0.3 is 0 Å². The molecule has 0 saturated heterocycles. The zero-order chi connectivity index (χ0) is 13.7. The predicted molar refractivity (Wildman–Crippen MR) is 79.5 cm³/mol. The van der Waals surface area contributed by atoms with Gasteiger partial charge < -0.3 is 10.1 Å². The van der Waals surface area contributed by atoms with Gasteiger partial charge in [-0.3, -0.25) is 0 Å². The van der Waals surface area contributed by atoms with E-state index in [1.54, 1.807) is 0 Å². The van der Waals surface area contributed by atoms with Gasteiger partial charge in [0.1, 0.15) is 12.4 Å². The lowest BCUT2D eigenvalue weighted by Crippen LogP contribution is -2.05. The monoisotopic (exact) mass is 255 g/mol. The average Bonchev–Trinajstić information content (AvgIpc) is 2.41. The van der Waals surface area contributed by atoms with Crippen LogP contribution < -0.4 is 10.1 Å². The van der Waals surface area contributed by atoms with E-state index in [-0.39, 0.29) is 0 Å². The highest BCUT2D eigenvalue weighted by atomic mass is 16.5. The van der Waals surface area contributed by atoms with Gasteiger partial charge in [-0.2, -0.15) is 0 Å². The minimum absolute atomic E-state index is 0.613. The smallest absolute Gasteiger partial charge is 0.122 e. The molecule has 0 saturated carbocycles. The van der Waals surface area contributed by atoms with Gasteiger partial charge in [-0.1, -0.05) is 36.4 Å². The summed E-state index contributed by atoms with van der Waals surface area (Å²) in [5.41, 5.74) is 4.97. The highest BCUT2D eigenvalue weighted by molar-refractivity contribution is 5.38. The number of nitrogens with one attached hydrogen (secondary N) is 1. The molecule has 19 heavy (non-hydrogen) atoms. The summed E-state index contributed by atoms with van der Waals surface area (Å²) in [6.07, 6.45) is 0. The molecule has 0 atom stereocenters. The third-order valence-corrected chi connectivity index (χ3v) is 3.32. The van der Waals surface area contributed by atoms with E-state index >= 15 is 0 Å². The molecule has 100 valence electrons. The first-order valence-electron chi connectivity index (χ1n) is 6.62. The highest BCUT2D eigenvalue weighted by Gasteiger charge is 2.02. The number of benzene rings is 2. The standard InChI is InChI=1S/C17H21NO/c1-13-6-4-9-17(14(13)2)19-12-16-8-5-7-15(10-16)11-18-3/h4-10,18H,11-12H2,1-3H3. The molecule has 2 aromatic rings. The lowest BCUT2D eigenvalue weighted by molar-refractivity contribution is 0.303. The molecule has 0 heterocycles. The summed E-state index contributed by atoms with van der Waals surface area (Å²) in [4.78, 5) is 0. The van der Waals surface area contributed by atoms with Gasteiger partial charge in [0.15, 0.2) is 0 Å². The first kappa shape index (κ1) is 13.6. The van der Waals surface area contributed by atoms with Gasteiger partial charge in [-0.25, -0.2) is 0 Å². The Bertz CT molecular complexity index is 549. The summed E-state index contributed by atoms with van der Waals surface area (Å²) < 4.78 is 5.92. The molecule has 1 N–H and O–H groups in total. The Morgan fingerprint density at radius 1 is 1.00 bits per heavy atom. The number of ether oxygens (including phenoxy) is 1. The maximum Gasteiger partial charge on any atom is 0.122 e. The van der Waals surface area contributed by atoms with Crippen molar-refractivity contribution in [2.24, 2.45) is 0 Å². The molecule has 0 amide bonds. The summed E-state index contributed by atoms with van der Waals surface area (Å²) in [5.74, 6) is 0.971. The van der Waals surface area contributed by atoms with E-state index in [2.05, 4.69) is 49.5 Å². The van der Waals surface area contributed by atoms with Crippen LogP contribution >= 0.6 is 0 Å². The van der Waals surface area contributed by atoms with E-state index in [0.29, 0.717) is 6.61 Å². The predicted octanol–water partition coefficient (Wildman–Crippen LogP) is 3.60. The lowest BCUT2D eigenvalue weighted by atomic mass is 10.1. The number of hydrogen-bond donors (Lipinski definition) is 1. The van der Waals surface area contributed by atoms with E-state index in [4.69, 9.17) is 4.74 Å². The maximum absolute atomic E-state index is 5.92. The van der Waals surface area contributed by atoms with Crippen LogP contribution in [0.4, 0.5) is 0 Å². The minimum atomic E-state index is 0.613. The molecule has 0 aliphatic heterocycles. The van der Waals surface area contributed by atoms with Gasteiger partial charge in [-0.05, 0) is 49.2 Å². The molecule has 0 bridgehead atoms. The number of aryl methyl sites for hydroxylation is 1. The van der Waals surface area contributed by atoms with Crippen molar-refractivity contribution in [3.63, 3.8) is 0 Å². The molecule has 0 aliphatic rings. The molecule has 2 nitrogen and oxygen atoms in total. The summed E-state index contributed by atoms with van der Waals surface area (Å²) in [7, 11) is 1.96. The van der Waals surface area contributed by atoms with Gasteiger partial charge in [0.25, 0.3) is 0 Å². The zero-order valence-electron chi connectivity index (χ0n) is 11.9. The van der Waals surface area contributed by atoms with Crippen molar-refractivity contribution in [2.75, 3.05) is 7.05 Å². The van der Waals surface area contributed by atoms with Gasteiger partial charge in [0.2, 0.25) is 0 Å². The lowest BCUT2D eigenvalue weighted by Gasteiger charge is -2.11. The Labute approximate surface area is 115 Å². The fraction of sp³-hybridized carbons (Fsp3) is 0.294. The van der Waals surface area contributed by atoms with Crippen molar-refractivity contribution in [1.29, 1.82) is 0 Å². The molecule has 2 rings (SSSR count). The second kappa shape index (κ2) is 6.39. The van der Waals surface area contributed by atoms with Crippen LogP contribution in [0.1, 0.15) is 22.3 Å². The van der Waals surface area contributed by atoms with Gasteiger partial charge in [0.05, 0.1) is 0 Å². The Balaban J connectivity index is 2.06. The van der Waals surface area contributed by atoms with Crippen molar-refractivity contribution in [3.8, 4) is 5.75 Å². The summed E-state index contributed by atoms with van der Waals surface area (Å²) in [6, 6.07) is 14.7. The van der Waals surface area contributed by atoms with E-state index in [1.165, 1.54) is 22.3 Å². The van der Waals surface area contributed by atoms with Crippen molar-refractivity contribution in [3.05, 3.63) is 64.7 Å². The molecular weight excluding hydrogens is 234 g/mol. The zero-order valence-corrected chi connectivity index (χ0v) is 11.9. The Kier molecular flexibility index (Phi) is 4.58. The fourth-order valence-corrected chi connectivity index (χ4v) is 2.08. The van der Waals surface area contributed by atoms with Crippen molar-refractivity contribution in [2.45, 2.75) is 27.0 Å². The summed E-state index contributed by atoms with van der Waals surface area (Å²) in [5, 5.41) is 3.16. The van der Waals surface area contributed by atoms with Crippen LogP contribution in [0.5, 0.6) is 5.75 Å². The third kappa shape index (κ3) is 3.58. The van der Waals surface area contributed by atoms with Crippen LogP contribution in [0.2, 0.25) is 0 Å². The third-order valence-electron chi connectivity index (χ3n) is 3.32. The minimum Gasteiger partial charge on any atom is -0.489 e. The molecule has 0 fully saturated rings. The Morgan fingerprint density at radius 2 is 1.74 bits per heavy atom. The van der Waals surface area contributed by atoms with Crippen LogP contribution in [0.3, 0.4) is 0 Å². The largest absolute Gasteiger partial charge is 0.489 e.